The smallest absolute Gasteiger partial charge is 0.338 e. The number of hydrogen-bond acceptors (Lipinski definition) is 10. The molecule has 0 radical (unpaired) electrons. The topological polar surface area (TPSA) is 167 Å². The van der Waals surface area contributed by atoms with Gasteiger partial charge in [0.15, 0.2) is 18.1 Å². The van der Waals surface area contributed by atoms with Crippen molar-refractivity contribution in [3.05, 3.63) is 72.3 Å². The summed E-state index contributed by atoms with van der Waals surface area (Å²) in [5, 5.41) is 2.54. The fourth-order valence-electron chi connectivity index (χ4n) is 4.14. The molecular formula is C27H27N3O10S2. The van der Waals surface area contributed by atoms with Crippen molar-refractivity contribution in [1.29, 1.82) is 0 Å². The maximum Gasteiger partial charge on any atom is 0.338 e. The summed E-state index contributed by atoms with van der Waals surface area (Å²) in [7, 11) is -7.61. The minimum atomic E-state index is -3.94. The predicted molar refractivity (Wildman–Crippen MR) is 150 cm³/mol. The number of ether oxygens (including phenoxy) is 4. The molecule has 5 rings (SSSR count). The number of carbonyl (C=O) groups is 2. The molecule has 2 aliphatic heterocycles. The summed E-state index contributed by atoms with van der Waals surface area (Å²) in [6.07, 6.45) is 0. The molecule has 0 unspecified atom stereocenters. The second-order valence-electron chi connectivity index (χ2n) is 9.15. The lowest BCUT2D eigenvalue weighted by atomic mass is 10.2. The number of rotatable bonds is 9. The highest BCUT2D eigenvalue weighted by atomic mass is 32.2. The fraction of sp³-hybridized carbons (Fsp3) is 0.259. The minimum Gasteiger partial charge on any atom is -0.486 e. The summed E-state index contributed by atoms with van der Waals surface area (Å²) in [6, 6.07) is 15.4. The number of nitrogens with one attached hydrogen (secondary N) is 2. The highest BCUT2D eigenvalue weighted by molar-refractivity contribution is 7.92. The molecule has 2 N–H and O–H groups in total. The highest BCUT2D eigenvalue weighted by Crippen LogP contribution is 2.32. The number of nitrogens with zero attached hydrogens (tertiary/aromatic N) is 1. The molecule has 42 heavy (non-hydrogen) atoms. The average molecular weight is 618 g/mol. The summed E-state index contributed by atoms with van der Waals surface area (Å²) < 4.78 is 75.9. The normalized spacial score (nSPS) is 15.4. The van der Waals surface area contributed by atoms with Gasteiger partial charge in [-0.2, -0.15) is 4.31 Å². The van der Waals surface area contributed by atoms with Crippen LogP contribution in [0.15, 0.2) is 76.5 Å². The van der Waals surface area contributed by atoms with E-state index in [-0.39, 0.29) is 34.1 Å². The summed E-state index contributed by atoms with van der Waals surface area (Å²) >= 11 is 0. The molecule has 2 heterocycles. The fourth-order valence-corrected chi connectivity index (χ4v) is 6.62. The number of fused-ring (bicyclic) bond motifs is 1. The Morgan fingerprint density at radius 1 is 0.762 bits per heavy atom. The van der Waals surface area contributed by atoms with Crippen LogP contribution in [0.1, 0.15) is 10.4 Å². The molecule has 0 saturated carbocycles. The molecule has 1 amide bonds. The van der Waals surface area contributed by atoms with Crippen LogP contribution in [0, 0.1) is 0 Å². The third-order valence-corrected chi connectivity index (χ3v) is 9.57. The van der Waals surface area contributed by atoms with Gasteiger partial charge in [-0.1, -0.05) is 0 Å². The van der Waals surface area contributed by atoms with E-state index in [9.17, 15) is 26.4 Å². The van der Waals surface area contributed by atoms with E-state index >= 15 is 0 Å². The Labute approximate surface area is 242 Å². The molecule has 13 nitrogen and oxygen atoms in total. The van der Waals surface area contributed by atoms with Gasteiger partial charge >= 0.3 is 5.97 Å². The Hall–Kier alpha value is -4.18. The van der Waals surface area contributed by atoms with Crippen molar-refractivity contribution < 1.29 is 45.4 Å². The van der Waals surface area contributed by atoms with Crippen LogP contribution in [-0.2, 0) is 34.3 Å². The Kier molecular flexibility index (Phi) is 8.63. The Morgan fingerprint density at radius 3 is 2.07 bits per heavy atom. The number of esters is 1. The molecule has 0 bridgehead atoms. The molecule has 2 aliphatic rings. The summed E-state index contributed by atoms with van der Waals surface area (Å²) in [6.45, 7) is 1.31. The zero-order valence-electron chi connectivity index (χ0n) is 22.1. The van der Waals surface area contributed by atoms with Gasteiger partial charge in [0.25, 0.3) is 15.9 Å². The van der Waals surface area contributed by atoms with Crippen LogP contribution < -0.4 is 19.5 Å². The van der Waals surface area contributed by atoms with E-state index in [4.69, 9.17) is 18.9 Å². The van der Waals surface area contributed by atoms with E-state index in [1.165, 1.54) is 71.0 Å². The quantitative estimate of drug-likeness (QED) is 0.340. The van der Waals surface area contributed by atoms with Crippen molar-refractivity contribution >= 4 is 43.3 Å². The molecule has 0 aromatic heterocycles. The van der Waals surface area contributed by atoms with E-state index < -0.39 is 38.5 Å². The van der Waals surface area contributed by atoms with Crippen LogP contribution in [0.4, 0.5) is 11.4 Å². The van der Waals surface area contributed by atoms with Crippen molar-refractivity contribution in [1.82, 2.24) is 4.31 Å². The molecular weight excluding hydrogens is 590 g/mol. The first-order valence-corrected chi connectivity index (χ1v) is 15.7. The van der Waals surface area contributed by atoms with Crippen LogP contribution in [0.5, 0.6) is 11.5 Å². The number of hydrogen-bond donors (Lipinski definition) is 2. The van der Waals surface area contributed by atoms with Gasteiger partial charge in [0.1, 0.15) is 13.2 Å². The zero-order chi connectivity index (χ0) is 29.7. The lowest BCUT2D eigenvalue weighted by Crippen LogP contribution is -2.40. The number of morpholine rings is 1. The maximum atomic E-state index is 12.8. The molecule has 3 aromatic carbocycles. The molecule has 3 aromatic rings. The number of benzene rings is 3. The second-order valence-corrected chi connectivity index (χ2v) is 12.8. The van der Waals surface area contributed by atoms with Gasteiger partial charge in [-0.05, 0) is 60.7 Å². The van der Waals surface area contributed by atoms with Crippen molar-refractivity contribution in [2.24, 2.45) is 0 Å². The largest absolute Gasteiger partial charge is 0.486 e. The number of anilines is 2. The first kappa shape index (κ1) is 29.3. The summed E-state index contributed by atoms with van der Waals surface area (Å²) in [4.78, 5) is 24.8. The van der Waals surface area contributed by atoms with Gasteiger partial charge in [0.05, 0.1) is 28.6 Å². The highest BCUT2D eigenvalue weighted by Gasteiger charge is 2.26. The zero-order valence-corrected chi connectivity index (χ0v) is 23.8. The average Bonchev–Trinajstić information content (AvgIpc) is 3.00. The van der Waals surface area contributed by atoms with Crippen molar-refractivity contribution in [2.45, 2.75) is 9.79 Å². The molecule has 1 fully saturated rings. The number of sulfonamides is 2. The second kappa shape index (κ2) is 12.4. The molecule has 1 saturated heterocycles. The molecule has 0 aliphatic carbocycles. The van der Waals surface area contributed by atoms with Crippen LogP contribution >= 0.6 is 0 Å². The standard InChI is InChI=1S/C27H27N3O10S2/c31-26(28-20-5-7-22(8-6-20)42(35,36)30-11-13-37-14-12-30)18-40-27(32)19-1-3-21(4-2-19)29-41(33,34)23-9-10-24-25(17-23)39-16-15-38-24/h1-10,17,29H,11-16,18H2,(H,28,31). The van der Waals surface area contributed by atoms with Gasteiger partial charge in [-0.3, -0.25) is 9.52 Å². The monoisotopic (exact) mass is 617 g/mol. The predicted octanol–water partition coefficient (Wildman–Crippen LogP) is 2.07. The Balaban J connectivity index is 1.12. The van der Waals surface area contributed by atoms with Crippen molar-refractivity contribution in [3.63, 3.8) is 0 Å². The minimum absolute atomic E-state index is 0.0189. The third-order valence-electron chi connectivity index (χ3n) is 6.28. The van der Waals surface area contributed by atoms with Gasteiger partial charge in [-0.15, -0.1) is 0 Å². The van der Waals surface area contributed by atoms with Crippen LogP contribution in [0.3, 0.4) is 0 Å². The van der Waals surface area contributed by atoms with Gasteiger partial charge in [-0.25, -0.2) is 21.6 Å². The number of amides is 1. The molecule has 0 spiro atoms. The van der Waals surface area contributed by atoms with E-state index in [0.717, 1.165) is 0 Å². The molecule has 0 atom stereocenters. The van der Waals surface area contributed by atoms with E-state index in [2.05, 4.69) is 10.0 Å². The Morgan fingerprint density at radius 2 is 1.38 bits per heavy atom. The maximum absolute atomic E-state index is 12.8. The van der Waals surface area contributed by atoms with Crippen LogP contribution in [0.25, 0.3) is 0 Å². The van der Waals surface area contributed by atoms with Crippen LogP contribution in [0.2, 0.25) is 0 Å². The van der Waals surface area contributed by atoms with Gasteiger partial charge < -0.3 is 24.3 Å². The lowest BCUT2D eigenvalue weighted by molar-refractivity contribution is -0.119. The lowest BCUT2D eigenvalue weighted by Gasteiger charge is -2.26. The van der Waals surface area contributed by atoms with Crippen molar-refractivity contribution in [2.75, 3.05) is 56.2 Å². The summed E-state index contributed by atoms with van der Waals surface area (Å²) in [5.41, 5.74) is 0.632. The van der Waals surface area contributed by atoms with Gasteiger partial charge in [0, 0.05) is 30.5 Å². The Bertz CT molecular complexity index is 1670. The van der Waals surface area contributed by atoms with E-state index in [0.29, 0.717) is 43.6 Å². The first-order chi connectivity index (χ1) is 20.1. The van der Waals surface area contributed by atoms with E-state index in [1.807, 2.05) is 0 Å². The molecule has 15 heteroatoms. The number of carbonyl (C=O) groups excluding carboxylic acids is 2. The van der Waals surface area contributed by atoms with E-state index in [1.54, 1.807) is 0 Å². The third kappa shape index (κ3) is 6.82. The molecule has 222 valence electrons. The van der Waals surface area contributed by atoms with Crippen molar-refractivity contribution in [3.8, 4) is 11.5 Å². The summed E-state index contributed by atoms with van der Waals surface area (Å²) in [5.74, 6) is -0.626. The van der Waals surface area contributed by atoms with Crippen LogP contribution in [-0.4, -0.2) is 79.1 Å². The first-order valence-electron chi connectivity index (χ1n) is 12.8. The van der Waals surface area contributed by atoms with Gasteiger partial charge in [0.2, 0.25) is 10.0 Å². The SMILES string of the molecule is O=C(COC(=O)c1ccc(NS(=O)(=O)c2ccc3c(c2)OCCO3)cc1)Nc1ccc(S(=O)(=O)N2CCOCC2)cc1.